The molecular weight excluding hydrogens is 280 g/mol. The van der Waals surface area contributed by atoms with Gasteiger partial charge in [0.15, 0.2) is 18.1 Å². The third-order valence-electron chi connectivity index (χ3n) is 3.57. The molecule has 22 heavy (non-hydrogen) atoms. The van der Waals surface area contributed by atoms with Crippen LogP contribution >= 0.6 is 0 Å². The van der Waals surface area contributed by atoms with Crippen molar-refractivity contribution in [2.75, 3.05) is 26.8 Å². The summed E-state index contributed by atoms with van der Waals surface area (Å²) in [6.45, 7) is 3.81. The molecule has 0 aromatic heterocycles. The quantitative estimate of drug-likeness (QED) is 0.843. The molecule has 1 saturated heterocycles. The molecule has 0 saturated carbocycles. The van der Waals surface area contributed by atoms with Crippen LogP contribution in [0, 0.1) is 0 Å². The van der Waals surface area contributed by atoms with Crippen LogP contribution in [0.1, 0.15) is 25.3 Å². The molecule has 5 heteroatoms. The van der Waals surface area contributed by atoms with Gasteiger partial charge in [-0.25, -0.2) is 0 Å². The molecule has 0 unspecified atom stereocenters. The van der Waals surface area contributed by atoms with Gasteiger partial charge >= 0.3 is 0 Å². The predicted octanol–water partition coefficient (Wildman–Crippen LogP) is 1.98. The molecule has 1 aliphatic heterocycles. The third-order valence-corrected chi connectivity index (χ3v) is 3.57. The van der Waals surface area contributed by atoms with E-state index in [1.54, 1.807) is 7.11 Å². The van der Waals surface area contributed by atoms with Crippen molar-refractivity contribution in [1.82, 2.24) is 10.6 Å². The van der Waals surface area contributed by atoms with E-state index >= 15 is 0 Å². The standard InChI is InChI=1S/C17H24N2O3/c1-3-5-13-7-8-15(16(10-13)21-2)22-12-17(20)19-14-6-4-9-18-11-14/h3,5,7-8,10,14,18H,4,6,9,11-12H2,1-2H3,(H,19,20)/b5-3+/t14-/m0/s1. The van der Waals surface area contributed by atoms with Crippen molar-refractivity contribution in [3.8, 4) is 11.5 Å². The maximum absolute atomic E-state index is 11.9. The second-order valence-electron chi connectivity index (χ2n) is 5.31. The molecule has 120 valence electrons. The second-order valence-corrected chi connectivity index (χ2v) is 5.31. The zero-order valence-corrected chi connectivity index (χ0v) is 13.2. The Balaban J connectivity index is 1.88. The van der Waals surface area contributed by atoms with Crippen LogP contribution < -0.4 is 20.1 Å². The van der Waals surface area contributed by atoms with Gasteiger partial charge in [0, 0.05) is 12.6 Å². The molecule has 1 aliphatic rings. The first-order valence-corrected chi connectivity index (χ1v) is 7.66. The fourth-order valence-electron chi connectivity index (χ4n) is 2.49. The van der Waals surface area contributed by atoms with E-state index in [2.05, 4.69) is 10.6 Å². The summed E-state index contributed by atoms with van der Waals surface area (Å²) in [6.07, 6.45) is 6.04. The van der Waals surface area contributed by atoms with Crippen LogP contribution in [0.3, 0.4) is 0 Å². The fraction of sp³-hybridized carbons (Fsp3) is 0.471. The van der Waals surface area contributed by atoms with E-state index in [1.165, 1.54) is 0 Å². The number of hydrogen-bond donors (Lipinski definition) is 2. The van der Waals surface area contributed by atoms with Gasteiger partial charge in [-0.1, -0.05) is 18.2 Å². The lowest BCUT2D eigenvalue weighted by Gasteiger charge is -2.23. The minimum absolute atomic E-state index is 0.00414. The molecule has 1 aromatic rings. The Bertz CT molecular complexity index is 523. The number of ether oxygens (including phenoxy) is 2. The molecule has 0 bridgehead atoms. The van der Waals surface area contributed by atoms with E-state index in [-0.39, 0.29) is 18.6 Å². The maximum Gasteiger partial charge on any atom is 0.258 e. The summed E-state index contributed by atoms with van der Waals surface area (Å²) in [4.78, 5) is 11.9. The van der Waals surface area contributed by atoms with Crippen molar-refractivity contribution in [1.29, 1.82) is 0 Å². The van der Waals surface area contributed by atoms with Crippen LogP contribution in [0.2, 0.25) is 0 Å². The normalized spacial score (nSPS) is 18.2. The SMILES string of the molecule is C/C=C/c1ccc(OCC(=O)N[C@H]2CCCNC2)c(OC)c1. The van der Waals surface area contributed by atoms with E-state index in [1.807, 2.05) is 37.3 Å². The monoisotopic (exact) mass is 304 g/mol. The molecule has 0 aliphatic carbocycles. The van der Waals surface area contributed by atoms with Crippen LogP contribution in [0.4, 0.5) is 0 Å². The molecule has 1 atom stereocenters. The molecule has 1 amide bonds. The molecule has 2 N–H and O–H groups in total. The lowest BCUT2D eigenvalue weighted by Crippen LogP contribution is -2.47. The number of hydrogen-bond acceptors (Lipinski definition) is 4. The van der Waals surface area contributed by atoms with Crippen LogP contribution in [-0.2, 0) is 4.79 Å². The number of nitrogens with one attached hydrogen (secondary N) is 2. The number of amides is 1. The average Bonchev–Trinajstić information content (AvgIpc) is 2.54. The first-order valence-electron chi connectivity index (χ1n) is 7.66. The second kappa shape index (κ2) is 8.44. The number of rotatable bonds is 6. The molecule has 1 heterocycles. The Morgan fingerprint density at radius 1 is 1.45 bits per heavy atom. The number of allylic oxidation sites excluding steroid dienone is 1. The summed E-state index contributed by atoms with van der Waals surface area (Å²) in [5.74, 6) is 1.10. The Morgan fingerprint density at radius 3 is 3.00 bits per heavy atom. The van der Waals surface area contributed by atoms with Crippen LogP contribution in [-0.4, -0.2) is 38.8 Å². The fourth-order valence-corrected chi connectivity index (χ4v) is 2.49. The Morgan fingerprint density at radius 2 is 2.32 bits per heavy atom. The van der Waals surface area contributed by atoms with Crippen LogP contribution in [0.25, 0.3) is 6.08 Å². The summed E-state index contributed by atoms with van der Waals surface area (Å²) in [5.41, 5.74) is 1.03. The number of methoxy groups -OCH3 is 1. The van der Waals surface area contributed by atoms with Gasteiger partial charge in [-0.2, -0.15) is 0 Å². The molecule has 2 rings (SSSR count). The van der Waals surface area contributed by atoms with Crippen molar-refractivity contribution in [3.05, 3.63) is 29.8 Å². The predicted molar refractivity (Wildman–Crippen MR) is 87.2 cm³/mol. The average molecular weight is 304 g/mol. The zero-order chi connectivity index (χ0) is 15.8. The van der Waals surface area contributed by atoms with Crippen molar-refractivity contribution in [3.63, 3.8) is 0 Å². The van der Waals surface area contributed by atoms with Gasteiger partial charge in [0.2, 0.25) is 0 Å². The topological polar surface area (TPSA) is 59.6 Å². The third kappa shape index (κ3) is 4.77. The zero-order valence-electron chi connectivity index (χ0n) is 13.2. The lowest BCUT2D eigenvalue weighted by molar-refractivity contribution is -0.123. The molecule has 0 radical (unpaired) electrons. The number of carbonyl (C=O) groups excluding carboxylic acids is 1. The highest BCUT2D eigenvalue weighted by Crippen LogP contribution is 2.28. The largest absolute Gasteiger partial charge is 0.493 e. The van der Waals surface area contributed by atoms with E-state index in [0.717, 1.165) is 31.5 Å². The maximum atomic E-state index is 11.9. The summed E-state index contributed by atoms with van der Waals surface area (Å²) in [7, 11) is 1.59. The van der Waals surface area contributed by atoms with E-state index in [9.17, 15) is 4.79 Å². The summed E-state index contributed by atoms with van der Waals surface area (Å²) in [5, 5.41) is 6.25. The van der Waals surface area contributed by atoms with Gasteiger partial charge < -0.3 is 20.1 Å². The van der Waals surface area contributed by atoms with Gasteiger partial charge in [0.05, 0.1) is 7.11 Å². The summed E-state index contributed by atoms with van der Waals surface area (Å²) in [6, 6.07) is 5.84. The Labute approximate surface area is 131 Å². The van der Waals surface area contributed by atoms with E-state index in [4.69, 9.17) is 9.47 Å². The van der Waals surface area contributed by atoms with Gasteiger partial charge in [-0.15, -0.1) is 0 Å². The summed E-state index contributed by atoms with van der Waals surface area (Å²) < 4.78 is 10.9. The lowest BCUT2D eigenvalue weighted by atomic mass is 10.1. The highest BCUT2D eigenvalue weighted by Gasteiger charge is 2.16. The van der Waals surface area contributed by atoms with Gasteiger partial charge in [-0.3, -0.25) is 4.79 Å². The molecule has 0 spiro atoms. The number of piperidine rings is 1. The van der Waals surface area contributed by atoms with Crippen molar-refractivity contribution < 1.29 is 14.3 Å². The molecule has 1 aromatic carbocycles. The first-order chi connectivity index (χ1) is 10.7. The highest BCUT2D eigenvalue weighted by molar-refractivity contribution is 5.78. The summed E-state index contributed by atoms with van der Waals surface area (Å²) >= 11 is 0. The molecule has 5 nitrogen and oxygen atoms in total. The first kappa shape index (κ1) is 16.4. The number of benzene rings is 1. The van der Waals surface area contributed by atoms with Gasteiger partial charge in [0.1, 0.15) is 0 Å². The Hall–Kier alpha value is -2.01. The van der Waals surface area contributed by atoms with Gasteiger partial charge in [0.25, 0.3) is 5.91 Å². The van der Waals surface area contributed by atoms with Crippen molar-refractivity contribution in [2.45, 2.75) is 25.8 Å². The van der Waals surface area contributed by atoms with Crippen molar-refractivity contribution >= 4 is 12.0 Å². The van der Waals surface area contributed by atoms with Crippen LogP contribution in [0.15, 0.2) is 24.3 Å². The molecule has 1 fully saturated rings. The van der Waals surface area contributed by atoms with Gasteiger partial charge in [-0.05, 0) is 44.0 Å². The van der Waals surface area contributed by atoms with Crippen LogP contribution in [0.5, 0.6) is 11.5 Å². The number of carbonyl (C=O) groups is 1. The molecular formula is C17H24N2O3. The van der Waals surface area contributed by atoms with E-state index in [0.29, 0.717) is 11.5 Å². The van der Waals surface area contributed by atoms with Crippen molar-refractivity contribution in [2.24, 2.45) is 0 Å². The Kier molecular flexibility index (Phi) is 6.27. The highest BCUT2D eigenvalue weighted by atomic mass is 16.5. The smallest absolute Gasteiger partial charge is 0.258 e. The minimum atomic E-state index is -0.103. The van der Waals surface area contributed by atoms with E-state index < -0.39 is 0 Å². The minimum Gasteiger partial charge on any atom is -0.493 e.